The van der Waals surface area contributed by atoms with Gasteiger partial charge in [-0.25, -0.2) is 0 Å². The summed E-state index contributed by atoms with van der Waals surface area (Å²) in [5.74, 6) is 0. The molecule has 0 aliphatic carbocycles. The van der Waals surface area contributed by atoms with Crippen LogP contribution in [0.15, 0.2) is 0 Å². The van der Waals surface area contributed by atoms with Gasteiger partial charge < -0.3 is 9.84 Å². The van der Waals surface area contributed by atoms with Crippen molar-refractivity contribution in [2.75, 3.05) is 33.4 Å². The minimum absolute atomic E-state index is 0.608. The molecule has 0 atom stereocenters. The molecule has 13 heavy (non-hydrogen) atoms. The Morgan fingerprint density at radius 2 is 1.92 bits per heavy atom. The number of ether oxygens (including phenoxy) is 1. The van der Waals surface area contributed by atoms with E-state index in [-0.39, 0.29) is 0 Å². The summed E-state index contributed by atoms with van der Waals surface area (Å²) in [6.07, 6.45) is 1.11. The van der Waals surface area contributed by atoms with E-state index in [1.54, 1.807) is 7.11 Å². The quantitative estimate of drug-likeness (QED) is 0.651. The van der Waals surface area contributed by atoms with Crippen molar-refractivity contribution in [3.8, 4) is 0 Å². The van der Waals surface area contributed by atoms with Crippen molar-refractivity contribution in [3.05, 3.63) is 0 Å². The predicted octanol–water partition coefficient (Wildman–Crippen LogP) is 1.12. The lowest BCUT2D eigenvalue weighted by molar-refractivity contribution is 0.0277. The van der Waals surface area contributed by atoms with Crippen LogP contribution >= 0.6 is 0 Å². The Hall–Kier alpha value is -0.120. The highest BCUT2D eigenvalue weighted by Crippen LogP contribution is 2.05. The Kier molecular flexibility index (Phi) is 6.29. The molecule has 0 spiro atoms. The number of hydrogen-bond acceptors (Lipinski definition) is 3. The third-order valence-corrected chi connectivity index (χ3v) is 1.76. The summed E-state index contributed by atoms with van der Waals surface area (Å²) in [5.41, 5.74) is -0.608. The third kappa shape index (κ3) is 8.22. The summed E-state index contributed by atoms with van der Waals surface area (Å²) >= 11 is 0. The lowest BCUT2D eigenvalue weighted by Gasteiger charge is -2.28. The van der Waals surface area contributed by atoms with E-state index in [1.807, 2.05) is 13.8 Å². The zero-order valence-corrected chi connectivity index (χ0v) is 9.34. The molecular formula is C10H23NO2. The Labute approximate surface area is 81.7 Å². The molecule has 0 aromatic heterocycles. The first kappa shape index (κ1) is 12.9. The second-order valence-electron chi connectivity index (χ2n) is 4.08. The molecule has 0 saturated heterocycles. The average molecular weight is 189 g/mol. The van der Waals surface area contributed by atoms with Gasteiger partial charge in [-0.05, 0) is 26.8 Å². The predicted molar refractivity (Wildman–Crippen MR) is 54.9 cm³/mol. The average Bonchev–Trinajstić information content (AvgIpc) is 1.98. The maximum absolute atomic E-state index is 9.63. The normalized spacial score (nSPS) is 12.5. The maximum atomic E-state index is 9.63. The Bertz CT molecular complexity index is 121. The summed E-state index contributed by atoms with van der Waals surface area (Å²) in [7, 11) is 1.70. The van der Waals surface area contributed by atoms with Crippen LogP contribution in [0, 0.1) is 0 Å². The van der Waals surface area contributed by atoms with E-state index < -0.39 is 5.60 Å². The second kappa shape index (κ2) is 6.35. The number of rotatable bonds is 7. The van der Waals surface area contributed by atoms with Gasteiger partial charge in [-0.15, -0.1) is 0 Å². The highest BCUT2D eigenvalue weighted by atomic mass is 16.5. The van der Waals surface area contributed by atoms with Crippen molar-refractivity contribution < 1.29 is 9.84 Å². The van der Waals surface area contributed by atoms with E-state index in [4.69, 9.17) is 4.74 Å². The zero-order chi connectivity index (χ0) is 10.3. The van der Waals surface area contributed by atoms with Gasteiger partial charge in [0.1, 0.15) is 0 Å². The van der Waals surface area contributed by atoms with Crippen LogP contribution in [0.3, 0.4) is 0 Å². The van der Waals surface area contributed by atoms with Gasteiger partial charge in [0.25, 0.3) is 0 Å². The van der Waals surface area contributed by atoms with Crippen LogP contribution in [0.25, 0.3) is 0 Å². The highest BCUT2D eigenvalue weighted by Gasteiger charge is 2.16. The number of aliphatic hydroxyl groups is 1. The maximum Gasteiger partial charge on any atom is 0.0718 e. The van der Waals surface area contributed by atoms with Crippen LogP contribution in [-0.4, -0.2) is 49.0 Å². The molecule has 0 amide bonds. The highest BCUT2D eigenvalue weighted by molar-refractivity contribution is 4.71. The Morgan fingerprint density at radius 3 is 2.31 bits per heavy atom. The molecule has 0 unspecified atom stereocenters. The van der Waals surface area contributed by atoms with Crippen molar-refractivity contribution in [2.45, 2.75) is 32.8 Å². The van der Waals surface area contributed by atoms with Gasteiger partial charge in [-0.2, -0.15) is 0 Å². The lowest BCUT2D eigenvalue weighted by Crippen LogP contribution is -2.40. The van der Waals surface area contributed by atoms with Crippen LogP contribution in [0.5, 0.6) is 0 Å². The fourth-order valence-corrected chi connectivity index (χ4v) is 1.35. The fourth-order valence-electron chi connectivity index (χ4n) is 1.35. The summed E-state index contributed by atoms with van der Waals surface area (Å²) in [5, 5.41) is 9.63. The molecule has 0 aliphatic rings. The van der Waals surface area contributed by atoms with Gasteiger partial charge in [0, 0.05) is 20.2 Å². The van der Waals surface area contributed by atoms with Gasteiger partial charge in [-0.1, -0.05) is 6.92 Å². The van der Waals surface area contributed by atoms with E-state index in [9.17, 15) is 5.11 Å². The number of methoxy groups -OCH3 is 1. The molecule has 0 radical (unpaired) electrons. The molecule has 0 aliphatic heterocycles. The molecule has 3 heteroatoms. The summed E-state index contributed by atoms with van der Waals surface area (Å²) in [6, 6.07) is 0. The Balaban J connectivity index is 3.79. The largest absolute Gasteiger partial charge is 0.389 e. The van der Waals surface area contributed by atoms with Crippen molar-refractivity contribution >= 4 is 0 Å². The van der Waals surface area contributed by atoms with Crippen LogP contribution in [0.1, 0.15) is 27.2 Å². The molecule has 0 saturated carbocycles. The summed E-state index contributed by atoms with van der Waals surface area (Å²) in [4.78, 5) is 2.23. The number of hydrogen-bond donors (Lipinski definition) is 1. The van der Waals surface area contributed by atoms with Gasteiger partial charge in [0.05, 0.1) is 12.2 Å². The first-order chi connectivity index (χ1) is 5.99. The van der Waals surface area contributed by atoms with E-state index in [0.29, 0.717) is 6.54 Å². The molecule has 0 rings (SSSR count). The molecule has 0 aromatic carbocycles. The molecule has 0 heterocycles. The van der Waals surface area contributed by atoms with E-state index in [1.165, 1.54) is 0 Å². The molecular weight excluding hydrogens is 166 g/mol. The van der Waals surface area contributed by atoms with Crippen LogP contribution < -0.4 is 0 Å². The standard InChI is InChI=1S/C10H23NO2/c1-5-6-11(7-8-13-4)9-10(2,3)12/h12H,5-9H2,1-4H3. The van der Waals surface area contributed by atoms with Crippen LogP contribution in [0.2, 0.25) is 0 Å². The fraction of sp³-hybridized carbons (Fsp3) is 1.00. The van der Waals surface area contributed by atoms with Crippen molar-refractivity contribution in [1.29, 1.82) is 0 Å². The molecule has 0 bridgehead atoms. The number of nitrogens with zero attached hydrogens (tertiary/aromatic N) is 1. The van der Waals surface area contributed by atoms with E-state index in [2.05, 4.69) is 11.8 Å². The minimum atomic E-state index is -0.608. The molecule has 0 fully saturated rings. The molecule has 3 nitrogen and oxygen atoms in total. The monoisotopic (exact) mass is 189 g/mol. The SMILES string of the molecule is CCCN(CCOC)CC(C)(C)O. The van der Waals surface area contributed by atoms with Crippen molar-refractivity contribution in [2.24, 2.45) is 0 Å². The van der Waals surface area contributed by atoms with Gasteiger partial charge in [0.15, 0.2) is 0 Å². The zero-order valence-electron chi connectivity index (χ0n) is 9.34. The van der Waals surface area contributed by atoms with Gasteiger partial charge in [0.2, 0.25) is 0 Å². The van der Waals surface area contributed by atoms with E-state index in [0.717, 1.165) is 26.1 Å². The summed E-state index contributed by atoms with van der Waals surface area (Å²) < 4.78 is 5.01. The molecule has 80 valence electrons. The van der Waals surface area contributed by atoms with E-state index >= 15 is 0 Å². The smallest absolute Gasteiger partial charge is 0.0718 e. The first-order valence-corrected chi connectivity index (χ1v) is 4.93. The van der Waals surface area contributed by atoms with Crippen LogP contribution in [-0.2, 0) is 4.74 Å². The summed E-state index contributed by atoms with van der Waals surface area (Å²) in [6.45, 7) is 9.18. The lowest BCUT2D eigenvalue weighted by atomic mass is 10.1. The third-order valence-electron chi connectivity index (χ3n) is 1.76. The first-order valence-electron chi connectivity index (χ1n) is 4.93. The van der Waals surface area contributed by atoms with Gasteiger partial charge in [-0.3, -0.25) is 4.90 Å². The molecule has 0 aromatic rings. The second-order valence-corrected chi connectivity index (χ2v) is 4.08. The topological polar surface area (TPSA) is 32.7 Å². The van der Waals surface area contributed by atoms with Crippen molar-refractivity contribution in [3.63, 3.8) is 0 Å². The Morgan fingerprint density at radius 1 is 1.31 bits per heavy atom. The molecule has 1 N–H and O–H groups in total. The van der Waals surface area contributed by atoms with Crippen LogP contribution in [0.4, 0.5) is 0 Å². The minimum Gasteiger partial charge on any atom is -0.389 e. The van der Waals surface area contributed by atoms with Gasteiger partial charge >= 0.3 is 0 Å². The van der Waals surface area contributed by atoms with Crippen molar-refractivity contribution in [1.82, 2.24) is 4.90 Å².